The Kier molecular flexibility index (Phi) is 4.47. The zero-order chi connectivity index (χ0) is 17.4. The van der Waals surface area contributed by atoms with Crippen LogP contribution >= 0.6 is 0 Å². The van der Waals surface area contributed by atoms with Gasteiger partial charge in [-0.1, -0.05) is 19.0 Å². The van der Waals surface area contributed by atoms with Gasteiger partial charge in [-0.2, -0.15) is 5.10 Å². The third-order valence-electron chi connectivity index (χ3n) is 4.62. The van der Waals surface area contributed by atoms with Crippen molar-refractivity contribution < 1.29 is 9.32 Å². The van der Waals surface area contributed by atoms with Gasteiger partial charge in [0.05, 0.1) is 17.9 Å². The molecule has 0 aromatic carbocycles. The van der Waals surface area contributed by atoms with Crippen LogP contribution in [0.1, 0.15) is 59.9 Å². The molecule has 0 saturated heterocycles. The highest BCUT2D eigenvalue weighted by molar-refractivity contribution is 5.92. The van der Waals surface area contributed by atoms with Gasteiger partial charge >= 0.3 is 0 Å². The molecule has 0 N–H and O–H groups in total. The van der Waals surface area contributed by atoms with Crippen LogP contribution in [0.15, 0.2) is 10.6 Å². The van der Waals surface area contributed by atoms with E-state index in [1.807, 2.05) is 30.5 Å². The summed E-state index contributed by atoms with van der Waals surface area (Å²) in [5, 5.41) is 8.50. The Morgan fingerprint density at radius 3 is 2.67 bits per heavy atom. The van der Waals surface area contributed by atoms with Crippen molar-refractivity contribution in [1.29, 1.82) is 0 Å². The number of rotatable bonds is 6. The quantitative estimate of drug-likeness (QED) is 0.816. The molecule has 1 amide bonds. The van der Waals surface area contributed by atoms with E-state index in [0.717, 1.165) is 41.9 Å². The monoisotopic (exact) mass is 330 g/mol. The van der Waals surface area contributed by atoms with E-state index in [4.69, 9.17) is 4.52 Å². The number of amides is 1. The predicted octanol–water partition coefficient (Wildman–Crippen LogP) is 3.03. The maximum atomic E-state index is 12.9. The van der Waals surface area contributed by atoms with Crippen molar-refractivity contribution in [3.8, 4) is 0 Å². The zero-order valence-corrected chi connectivity index (χ0v) is 15.2. The fourth-order valence-corrected chi connectivity index (χ4v) is 3.04. The molecule has 2 heterocycles. The molecule has 0 aliphatic heterocycles. The van der Waals surface area contributed by atoms with Crippen molar-refractivity contribution in [1.82, 2.24) is 19.8 Å². The van der Waals surface area contributed by atoms with Crippen LogP contribution in [0.2, 0.25) is 0 Å². The third kappa shape index (κ3) is 3.37. The van der Waals surface area contributed by atoms with Crippen molar-refractivity contribution in [2.75, 3.05) is 0 Å². The van der Waals surface area contributed by atoms with Crippen LogP contribution < -0.4 is 0 Å². The van der Waals surface area contributed by atoms with Gasteiger partial charge in [-0.15, -0.1) is 0 Å². The molecule has 1 saturated carbocycles. The molecule has 0 spiro atoms. The summed E-state index contributed by atoms with van der Waals surface area (Å²) in [6.45, 7) is 8.86. The standard InChI is InChI=1S/C18H26N4O2/c1-11(2)8-14-9-17(24-20-14)18(23)22(15-6-7-15)10-16-12(3)19-21(5)13(16)4/h9,11,15H,6-8,10H2,1-5H3. The van der Waals surface area contributed by atoms with Gasteiger partial charge in [0.15, 0.2) is 0 Å². The van der Waals surface area contributed by atoms with Crippen LogP contribution in [-0.2, 0) is 20.0 Å². The first-order chi connectivity index (χ1) is 11.4. The van der Waals surface area contributed by atoms with Crippen molar-refractivity contribution in [2.45, 2.75) is 59.5 Å². The van der Waals surface area contributed by atoms with E-state index in [9.17, 15) is 4.79 Å². The van der Waals surface area contributed by atoms with Gasteiger partial charge in [0.2, 0.25) is 5.76 Å². The first kappa shape index (κ1) is 16.7. The minimum Gasteiger partial charge on any atom is -0.351 e. The second kappa shape index (κ2) is 6.42. The van der Waals surface area contributed by atoms with Crippen molar-refractivity contribution in [3.05, 3.63) is 34.5 Å². The Bertz CT molecular complexity index is 740. The van der Waals surface area contributed by atoms with Crippen molar-refractivity contribution in [3.63, 3.8) is 0 Å². The first-order valence-corrected chi connectivity index (χ1v) is 8.62. The Morgan fingerprint density at radius 1 is 1.42 bits per heavy atom. The lowest BCUT2D eigenvalue weighted by atomic mass is 10.1. The minimum atomic E-state index is -0.0670. The number of aromatic nitrogens is 3. The summed E-state index contributed by atoms with van der Waals surface area (Å²) in [5.74, 6) is 0.762. The zero-order valence-electron chi connectivity index (χ0n) is 15.2. The van der Waals surface area contributed by atoms with Crippen LogP contribution in [0, 0.1) is 19.8 Å². The molecule has 130 valence electrons. The fourth-order valence-electron chi connectivity index (χ4n) is 3.04. The molecule has 0 radical (unpaired) electrons. The maximum Gasteiger partial charge on any atom is 0.293 e. The highest BCUT2D eigenvalue weighted by Crippen LogP contribution is 2.31. The Balaban J connectivity index is 1.80. The number of hydrogen-bond acceptors (Lipinski definition) is 4. The van der Waals surface area contributed by atoms with Crippen molar-refractivity contribution in [2.24, 2.45) is 13.0 Å². The van der Waals surface area contributed by atoms with E-state index in [-0.39, 0.29) is 5.91 Å². The highest BCUT2D eigenvalue weighted by atomic mass is 16.5. The van der Waals surface area contributed by atoms with E-state index in [2.05, 4.69) is 24.1 Å². The normalized spacial score (nSPS) is 14.4. The molecule has 2 aromatic heterocycles. The number of hydrogen-bond donors (Lipinski definition) is 0. The molecule has 1 aliphatic rings. The molecule has 2 aromatic rings. The predicted molar refractivity (Wildman–Crippen MR) is 90.6 cm³/mol. The molecular formula is C18H26N4O2. The van der Waals surface area contributed by atoms with E-state index < -0.39 is 0 Å². The summed E-state index contributed by atoms with van der Waals surface area (Å²) in [7, 11) is 1.93. The van der Waals surface area contributed by atoms with Gasteiger partial charge < -0.3 is 9.42 Å². The SMILES string of the molecule is Cc1nn(C)c(C)c1CN(C(=O)c1cc(CC(C)C)no1)C1CC1. The molecule has 1 aliphatic carbocycles. The molecule has 0 unspecified atom stereocenters. The Morgan fingerprint density at radius 2 is 2.12 bits per heavy atom. The lowest BCUT2D eigenvalue weighted by Gasteiger charge is -2.21. The molecule has 0 atom stereocenters. The second-order valence-corrected chi connectivity index (χ2v) is 7.22. The van der Waals surface area contributed by atoms with Gasteiger partial charge in [-0.3, -0.25) is 9.48 Å². The smallest absolute Gasteiger partial charge is 0.293 e. The molecule has 0 bridgehead atoms. The summed E-state index contributed by atoms with van der Waals surface area (Å²) in [4.78, 5) is 14.8. The lowest BCUT2D eigenvalue weighted by molar-refractivity contribution is 0.0687. The van der Waals surface area contributed by atoms with Gasteiger partial charge in [0, 0.05) is 30.4 Å². The lowest BCUT2D eigenvalue weighted by Crippen LogP contribution is -2.32. The van der Waals surface area contributed by atoms with Crippen LogP contribution in [0.5, 0.6) is 0 Å². The van der Waals surface area contributed by atoms with E-state index in [1.54, 1.807) is 6.07 Å². The van der Waals surface area contributed by atoms with Crippen LogP contribution in [0.4, 0.5) is 0 Å². The average molecular weight is 330 g/mol. The molecule has 6 heteroatoms. The van der Waals surface area contributed by atoms with Crippen LogP contribution in [-0.4, -0.2) is 31.8 Å². The molecular weight excluding hydrogens is 304 g/mol. The van der Waals surface area contributed by atoms with E-state index in [0.29, 0.717) is 24.3 Å². The van der Waals surface area contributed by atoms with Crippen LogP contribution in [0.25, 0.3) is 0 Å². The summed E-state index contributed by atoms with van der Waals surface area (Å²) in [6.07, 6.45) is 2.93. The number of carbonyl (C=O) groups is 1. The van der Waals surface area contributed by atoms with Crippen molar-refractivity contribution >= 4 is 5.91 Å². The maximum absolute atomic E-state index is 12.9. The van der Waals surface area contributed by atoms with E-state index >= 15 is 0 Å². The molecule has 24 heavy (non-hydrogen) atoms. The molecule has 3 rings (SSSR count). The van der Waals surface area contributed by atoms with Gasteiger partial charge in [-0.25, -0.2) is 0 Å². The molecule has 6 nitrogen and oxygen atoms in total. The van der Waals surface area contributed by atoms with Gasteiger partial charge in [0.1, 0.15) is 0 Å². The average Bonchev–Trinajstić information content (AvgIpc) is 3.19. The number of nitrogens with zero attached hydrogens (tertiary/aromatic N) is 4. The largest absolute Gasteiger partial charge is 0.351 e. The highest BCUT2D eigenvalue weighted by Gasteiger charge is 2.35. The van der Waals surface area contributed by atoms with Gasteiger partial charge in [-0.05, 0) is 39.0 Å². The summed E-state index contributed by atoms with van der Waals surface area (Å²) >= 11 is 0. The third-order valence-corrected chi connectivity index (χ3v) is 4.62. The van der Waals surface area contributed by atoms with Gasteiger partial charge in [0.25, 0.3) is 5.91 Å². The number of aryl methyl sites for hydroxylation is 2. The second-order valence-electron chi connectivity index (χ2n) is 7.22. The molecule has 1 fully saturated rings. The minimum absolute atomic E-state index is 0.0670. The van der Waals surface area contributed by atoms with Crippen LogP contribution in [0.3, 0.4) is 0 Å². The van der Waals surface area contributed by atoms with E-state index in [1.165, 1.54) is 0 Å². The summed E-state index contributed by atoms with van der Waals surface area (Å²) in [5.41, 5.74) is 4.05. The summed E-state index contributed by atoms with van der Waals surface area (Å²) in [6, 6.07) is 2.09. The first-order valence-electron chi connectivity index (χ1n) is 8.62. The summed E-state index contributed by atoms with van der Waals surface area (Å²) < 4.78 is 7.20. The fraction of sp³-hybridized carbons (Fsp3) is 0.611. The Hall–Kier alpha value is -2.11. The Labute approximate surface area is 142 Å². The topological polar surface area (TPSA) is 64.2 Å². The number of carbonyl (C=O) groups excluding carboxylic acids is 1.